The molecule has 1 aromatic heterocycles. The molecule has 2 aromatic rings. The Hall–Kier alpha value is -1.48. The molecule has 0 N–H and O–H groups in total. The zero-order valence-electron chi connectivity index (χ0n) is 8.06. The maximum atomic E-state index is 10.7. The fraction of sp³-hybridized carbons (Fsp3) is 0.167. The molecule has 0 unspecified atom stereocenters. The molecule has 1 aromatic carbocycles. The van der Waals surface area contributed by atoms with Crippen LogP contribution in [0.15, 0.2) is 24.3 Å². The molecular formula is C12H9NOS. The van der Waals surface area contributed by atoms with E-state index in [1.54, 1.807) is 0 Å². The number of hydrogen-bond donors (Lipinski definition) is 0. The molecule has 3 heteroatoms. The van der Waals surface area contributed by atoms with Crippen molar-refractivity contribution in [3.05, 3.63) is 39.7 Å². The molecule has 2 nitrogen and oxygen atoms in total. The van der Waals surface area contributed by atoms with Crippen molar-refractivity contribution in [2.75, 3.05) is 0 Å². The Morgan fingerprint density at radius 3 is 3.00 bits per heavy atom. The van der Waals surface area contributed by atoms with Crippen molar-refractivity contribution in [3.8, 4) is 11.3 Å². The maximum absolute atomic E-state index is 10.7. The number of aryl methyl sites for hydroxylation is 2. The first-order valence-corrected chi connectivity index (χ1v) is 5.73. The summed E-state index contributed by atoms with van der Waals surface area (Å²) in [5.74, 6) is 0. The highest BCUT2D eigenvalue weighted by atomic mass is 32.1. The summed E-state index contributed by atoms with van der Waals surface area (Å²) in [7, 11) is 0. The smallest absolute Gasteiger partial charge is 0.178 e. The Morgan fingerprint density at radius 2 is 2.13 bits per heavy atom. The Balaban J connectivity index is 2.24. The van der Waals surface area contributed by atoms with Crippen molar-refractivity contribution in [1.29, 1.82) is 0 Å². The van der Waals surface area contributed by atoms with Crippen LogP contribution in [0.2, 0.25) is 0 Å². The van der Waals surface area contributed by atoms with Gasteiger partial charge in [0.25, 0.3) is 0 Å². The summed E-state index contributed by atoms with van der Waals surface area (Å²) in [6.07, 6.45) is 2.91. The van der Waals surface area contributed by atoms with E-state index in [4.69, 9.17) is 0 Å². The maximum Gasteiger partial charge on any atom is 0.178 e. The number of carbonyl (C=O) groups is 1. The molecular weight excluding hydrogens is 206 g/mol. The fourth-order valence-electron chi connectivity index (χ4n) is 2.02. The molecule has 1 aliphatic rings. The van der Waals surface area contributed by atoms with E-state index < -0.39 is 0 Å². The summed E-state index contributed by atoms with van der Waals surface area (Å²) >= 11 is 1.52. The van der Waals surface area contributed by atoms with Gasteiger partial charge in [-0.05, 0) is 18.4 Å². The molecule has 0 spiro atoms. The minimum absolute atomic E-state index is 0.594. The molecule has 74 valence electrons. The van der Waals surface area contributed by atoms with Gasteiger partial charge in [0.05, 0.1) is 5.69 Å². The van der Waals surface area contributed by atoms with Crippen LogP contribution in [0.3, 0.4) is 0 Å². The van der Waals surface area contributed by atoms with Crippen LogP contribution in [0.4, 0.5) is 0 Å². The van der Waals surface area contributed by atoms with Gasteiger partial charge in [0.15, 0.2) is 11.3 Å². The van der Waals surface area contributed by atoms with Crippen LogP contribution in [0.25, 0.3) is 11.3 Å². The molecule has 3 rings (SSSR count). The monoisotopic (exact) mass is 215 g/mol. The van der Waals surface area contributed by atoms with Crippen molar-refractivity contribution in [3.63, 3.8) is 0 Å². The zero-order chi connectivity index (χ0) is 10.3. The number of fused-ring (bicyclic) bond motifs is 3. The molecule has 0 aliphatic heterocycles. The largest absolute Gasteiger partial charge is 0.295 e. The second kappa shape index (κ2) is 3.28. The Kier molecular flexibility index (Phi) is 1.92. The molecule has 15 heavy (non-hydrogen) atoms. The first-order chi connectivity index (χ1) is 7.38. The lowest BCUT2D eigenvalue weighted by Crippen LogP contribution is -2.01. The Bertz CT molecular complexity index is 530. The van der Waals surface area contributed by atoms with E-state index in [1.165, 1.54) is 27.3 Å². The van der Waals surface area contributed by atoms with E-state index in [1.807, 2.05) is 6.07 Å². The van der Waals surface area contributed by atoms with Gasteiger partial charge < -0.3 is 0 Å². The van der Waals surface area contributed by atoms with Crippen LogP contribution in [0.1, 0.15) is 20.2 Å². The second-order valence-electron chi connectivity index (χ2n) is 3.60. The van der Waals surface area contributed by atoms with E-state index in [-0.39, 0.29) is 0 Å². The SMILES string of the molecule is O=Cc1nc2c(s1)CCc1ccccc1-2. The lowest BCUT2D eigenvalue weighted by molar-refractivity contribution is 0.112. The molecule has 0 fully saturated rings. The predicted molar refractivity (Wildman–Crippen MR) is 60.3 cm³/mol. The van der Waals surface area contributed by atoms with Crippen molar-refractivity contribution < 1.29 is 4.79 Å². The highest BCUT2D eigenvalue weighted by Gasteiger charge is 2.19. The van der Waals surface area contributed by atoms with Gasteiger partial charge in [-0.1, -0.05) is 24.3 Å². The molecule has 1 heterocycles. The number of aldehydes is 1. The topological polar surface area (TPSA) is 30.0 Å². The molecule has 0 bridgehead atoms. The first-order valence-electron chi connectivity index (χ1n) is 4.91. The van der Waals surface area contributed by atoms with Gasteiger partial charge in [0.1, 0.15) is 0 Å². The van der Waals surface area contributed by atoms with E-state index in [9.17, 15) is 4.79 Å². The fourth-order valence-corrected chi connectivity index (χ4v) is 2.91. The van der Waals surface area contributed by atoms with Crippen LogP contribution in [0, 0.1) is 0 Å². The molecule has 0 amide bonds. The number of thiazole rings is 1. The minimum atomic E-state index is 0.594. The zero-order valence-corrected chi connectivity index (χ0v) is 8.88. The summed E-state index contributed by atoms with van der Waals surface area (Å²) in [6, 6.07) is 8.30. The van der Waals surface area contributed by atoms with Gasteiger partial charge in [-0.3, -0.25) is 4.79 Å². The van der Waals surface area contributed by atoms with Gasteiger partial charge in [-0.2, -0.15) is 0 Å². The standard InChI is InChI=1S/C12H9NOS/c14-7-11-13-12-9-4-2-1-3-8(9)5-6-10(12)15-11/h1-4,7H,5-6H2. The quantitative estimate of drug-likeness (QED) is 0.685. The van der Waals surface area contributed by atoms with Crippen molar-refractivity contribution in [2.24, 2.45) is 0 Å². The average Bonchev–Trinajstić information content (AvgIpc) is 2.72. The van der Waals surface area contributed by atoms with Gasteiger partial charge in [-0.25, -0.2) is 4.98 Å². The number of benzene rings is 1. The van der Waals surface area contributed by atoms with Crippen LogP contribution in [0.5, 0.6) is 0 Å². The number of nitrogens with zero attached hydrogens (tertiary/aromatic N) is 1. The van der Waals surface area contributed by atoms with Crippen LogP contribution >= 0.6 is 11.3 Å². The lowest BCUT2D eigenvalue weighted by Gasteiger charge is -2.13. The highest BCUT2D eigenvalue weighted by Crippen LogP contribution is 2.35. The third-order valence-corrected chi connectivity index (χ3v) is 3.75. The summed E-state index contributed by atoms with van der Waals surface area (Å²) in [6.45, 7) is 0. The Morgan fingerprint density at radius 1 is 1.27 bits per heavy atom. The molecule has 0 saturated carbocycles. The second-order valence-corrected chi connectivity index (χ2v) is 4.71. The summed E-state index contributed by atoms with van der Waals surface area (Å²) < 4.78 is 0. The van der Waals surface area contributed by atoms with Crippen LogP contribution in [-0.2, 0) is 12.8 Å². The highest BCUT2D eigenvalue weighted by molar-refractivity contribution is 7.13. The molecule has 0 atom stereocenters. The van der Waals surface area contributed by atoms with Crippen molar-refractivity contribution >= 4 is 17.6 Å². The minimum Gasteiger partial charge on any atom is -0.295 e. The van der Waals surface area contributed by atoms with Crippen LogP contribution in [-0.4, -0.2) is 11.3 Å². The third-order valence-electron chi connectivity index (χ3n) is 2.71. The number of carbonyl (C=O) groups excluding carboxylic acids is 1. The van der Waals surface area contributed by atoms with E-state index in [2.05, 4.69) is 23.2 Å². The molecule has 1 aliphatic carbocycles. The van der Waals surface area contributed by atoms with E-state index in [0.717, 1.165) is 24.8 Å². The van der Waals surface area contributed by atoms with E-state index >= 15 is 0 Å². The lowest BCUT2D eigenvalue weighted by atomic mass is 9.94. The number of aromatic nitrogens is 1. The predicted octanol–water partition coefficient (Wildman–Crippen LogP) is 2.72. The summed E-state index contributed by atoms with van der Waals surface area (Å²) in [5, 5.41) is 0.594. The normalized spacial score (nSPS) is 13.1. The van der Waals surface area contributed by atoms with Crippen molar-refractivity contribution in [2.45, 2.75) is 12.8 Å². The number of hydrogen-bond acceptors (Lipinski definition) is 3. The van der Waals surface area contributed by atoms with Crippen molar-refractivity contribution in [1.82, 2.24) is 4.98 Å². The summed E-state index contributed by atoms with van der Waals surface area (Å²) in [4.78, 5) is 16.3. The van der Waals surface area contributed by atoms with Gasteiger partial charge in [0, 0.05) is 10.4 Å². The van der Waals surface area contributed by atoms with Gasteiger partial charge >= 0.3 is 0 Å². The van der Waals surface area contributed by atoms with Crippen LogP contribution < -0.4 is 0 Å². The van der Waals surface area contributed by atoms with Gasteiger partial charge in [0.2, 0.25) is 0 Å². The van der Waals surface area contributed by atoms with E-state index in [0.29, 0.717) is 5.01 Å². The third kappa shape index (κ3) is 1.31. The summed E-state index contributed by atoms with van der Waals surface area (Å²) in [5.41, 5.74) is 3.56. The average molecular weight is 215 g/mol. The first kappa shape index (κ1) is 8.80. The Labute approximate surface area is 91.6 Å². The number of rotatable bonds is 1. The van der Waals surface area contributed by atoms with Gasteiger partial charge in [-0.15, -0.1) is 11.3 Å². The molecule has 0 radical (unpaired) electrons. The molecule has 0 saturated heterocycles.